The minimum Gasteiger partial charge on any atom is -0.493 e. The SMILES string of the molecule is COc1cc(/C=N\NC(=O)C(=O)Nc2ccc(F)cc2)cc(Br)c1OCC(=O)Nc1cc(Cl)cc(Cl)c1. The molecule has 0 aliphatic carbocycles. The molecule has 0 saturated heterocycles. The van der Waals surface area contributed by atoms with Gasteiger partial charge in [-0.05, 0) is 76.1 Å². The van der Waals surface area contributed by atoms with Crippen molar-refractivity contribution in [2.75, 3.05) is 24.4 Å². The number of carbonyl (C=O) groups is 3. The molecule has 0 spiro atoms. The molecule has 0 aromatic heterocycles. The van der Waals surface area contributed by atoms with Gasteiger partial charge in [-0.25, -0.2) is 9.82 Å². The van der Waals surface area contributed by atoms with Crippen LogP contribution in [0.3, 0.4) is 0 Å². The molecule has 0 heterocycles. The van der Waals surface area contributed by atoms with Crippen molar-refractivity contribution in [2.45, 2.75) is 0 Å². The molecular formula is C24H18BrCl2FN4O5. The molecule has 0 aliphatic rings. The molecule has 0 saturated carbocycles. The fraction of sp³-hybridized carbons (Fsp3) is 0.0833. The van der Waals surface area contributed by atoms with E-state index in [4.69, 9.17) is 32.7 Å². The Morgan fingerprint density at radius 1 is 0.973 bits per heavy atom. The lowest BCUT2D eigenvalue weighted by atomic mass is 10.2. The third-order valence-corrected chi connectivity index (χ3v) is 5.46. The molecule has 37 heavy (non-hydrogen) atoms. The molecule has 0 fully saturated rings. The second kappa shape index (κ2) is 13.0. The number of nitrogens with one attached hydrogen (secondary N) is 3. The highest BCUT2D eigenvalue weighted by Crippen LogP contribution is 2.36. The summed E-state index contributed by atoms with van der Waals surface area (Å²) >= 11 is 15.2. The van der Waals surface area contributed by atoms with E-state index in [-0.39, 0.29) is 23.8 Å². The summed E-state index contributed by atoms with van der Waals surface area (Å²) in [5.41, 5.74) is 3.23. The third kappa shape index (κ3) is 8.45. The van der Waals surface area contributed by atoms with Gasteiger partial charge in [-0.3, -0.25) is 14.4 Å². The monoisotopic (exact) mass is 610 g/mol. The Bertz CT molecular complexity index is 1340. The summed E-state index contributed by atoms with van der Waals surface area (Å²) in [6.07, 6.45) is 1.27. The lowest BCUT2D eigenvalue weighted by molar-refractivity contribution is -0.136. The van der Waals surface area contributed by atoms with Gasteiger partial charge < -0.3 is 20.1 Å². The minimum atomic E-state index is -1.03. The number of hydrogen-bond donors (Lipinski definition) is 3. The quantitative estimate of drug-likeness (QED) is 0.188. The third-order valence-electron chi connectivity index (χ3n) is 4.43. The molecule has 0 radical (unpaired) electrons. The zero-order chi connectivity index (χ0) is 26.9. The van der Waals surface area contributed by atoms with Crippen LogP contribution in [0.1, 0.15) is 5.56 Å². The molecule has 13 heteroatoms. The second-order valence-electron chi connectivity index (χ2n) is 7.19. The van der Waals surface area contributed by atoms with E-state index in [0.29, 0.717) is 25.8 Å². The summed E-state index contributed by atoms with van der Waals surface area (Å²) in [4.78, 5) is 36.2. The normalized spacial score (nSPS) is 10.6. The van der Waals surface area contributed by atoms with Crippen LogP contribution in [-0.4, -0.2) is 37.7 Å². The van der Waals surface area contributed by atoms with Crippen molar-refractivity contribution in [2.24, 2.45) is 5.10 Å². The maximum absolute atomic E-state index is 12.9. The minimum absolute atomic E-state index is 0.250. The number of hydrogen-bond acceptors (Lipinski definition) is 6. The average molecular weight is 612 g/mol. The Balaban J connectivity index is 1.58. The number of hydrazone groups is 1. The Morgan fingerprint density at radius 2 is 1.65 bits per heavy atom. The van der Waals surface area contributed by atoms with Crippen molar-refractivity contribution < 1.29 is 28.2 Å². The van der Waals surface area contributed by atoms with Crippen LogP contribution in [0.25, 0.3) is 0 Å². The van der Waals surface area contributed by atoms with Gasteiger partial charge in [0.1, 0.15) is 5.82 Å². The van der Waals surface area contributed by atoms with Crippen LogP contribution in [0, 0.1) is 5.82 Å². The lowest BCUT2D eigenvalue weighted by Gasteiger charge is -2.13. The molecule has 3 aromatic carbocycles. The maximum Gasteiger partial charge on any atom is 0.329 e. The first-order chi connectivity index (χ1) is 17.6. The van der Waals surface area contributed by atoms with Crippen LogP contribution in [-0.2, 0) is 14.4 Å². The second-order valence-corrected chi connectivity index (χ2v) is 8.92. The van der Waals surface area contributed by atoms with Crippen LogP contribution in [0.5, 0.6) is 11.5 Å². The first-order valence-corrected chi connectivity index (χ1v) is 11.9. The van der Waals surface area contributed by atoms with Gasteiger partial charge in [-0.15, -0.1) is 0 Å². The number of ether oxygens (including phenoxy) is 2. The molecule has 3 N–H and O–H groups in total. The van der Waals surface area contributed by atoms with Crippen molar-refractivity contribution in [1.82, 2.24) is 5.43 Å². The van der Waals surface area contributed by atoms with Gasteiger partial charge in [0.05, 0.1) is 17.8 Å². The predicted octanol–water partition coefficient (Wildman–Crippen LogP) is 5.01. The topological polar surface area (TPSA) is 118 Å². The Morgan fingerprint density at radius 3 is 2.30 bits per heavy atom. The fourth-order valence-corrected chi connectivity index (χ4v) is 3.95. The molecule has 3 amide bonds. The van der Waals surface area contributed by atoms with Gasteiger partial charge in [-0.1, -0.05) is 23.2 Å². The summed E-state index contributed by atoms with van der Waals surface area (Å²) in [7, 11) is 1.41. The standard InChI is InChI=1S/C24H18BrCl2FN4O5/c1-36-20-7-13(11-29-32-24(35)23(34)31-17-4-2-16(28)3-5-17)6-19(25)22(20)37-12-21(33)30-18-9-14(26)8-15(27)10-18/h2-11H,12H2,1H3,(H,30,33)(H,31,34)(H,32,35)/b29-11-. The van der Waals surface area contributed by atoms with E-state index in [9.17, 15) is 18.8 Å². The van der Waals surface area contributed by atoms with Gasteiger partial charge in [-0.2, -0.15) is 5.10 Å². The Labute approximate surface area is 229 Å². The zero-order valence-corrected chi connectivity index (χ0v) is 22.1. The van der Waals surface area contributed by atoms with E-state index in [1.165, 1.54) is 31.5 Å². The van der Waals surface area contributed by atoms with E-state index in [0.717, 1.165) is 12.1 Å². The number of methoxy groups -OCH3 is 1. The summed E-state index contributed by atoms with van der Waals surface area (Å²) in [5.74, 6) is -2.42. The number of carbonyl (C=O) groups excluding carboxylic acids is 3. The van der Waals surface area contributed by atoms with E-state index in [2.05, 4.69) is 37.1 Å². The summed E-state index contributed by atoms with van der Waals surface area (Å²) in [6.45, 7) is -0.342. The van der Waals surface area contributed by atoms with Gasteiger partial charge in [0.15, 0.2) is 18.1 Å². The first kappa shape index (κ1) is 27.9. The number of rotatable bonds is 8. The molecular weight excluding hydrogens is 594 g/mol. The zero-order valence-electron chi connectivity index (χ0n) is 19.0. The van der Waals surface area contributed by atoms with Crippen molar-refractivity contribution in [3.8, 4) is 11.5 Å². The highest BCUT2D eigenvalue weighted by atomic mass is 79.9. The molecule has 9 nitrogen and oxygen atoms in total. The van der Waals surface area contributed by atoms with Crippen molar-refractivity contribution in [3.05, 3.63) is 80.5 Å². The molecule has 0 bridgehead atoms. The number of nitrogens with zero attached hydrogens (tertiary/aromatic N) is 1. The van der Waals surface area contributed by atoms with Crippen LogP contribution in [0.2, 0.25) is 10.0 Å². The lowest BCUT2D eigenvalue weighted by Crippen LogP contribution is -2.32. The molecule has 0 unspecified atom stereocenters. The van der Waals surface area contributed by atoms with Gasteiger partial charge in [0, 0.05) is 21.4 Å². The number of anilines is 2. The fourth-order valence-electron chi connectivity index (χ4n) is 2.85. The largest absolute Gasteiger partial charge is 0.493 e. The summed E-state index contributed by atoms with van der Waals surface area (Å²) < 4.78 is 24.3. The Kier molecular flexibility index (Phi) is 9.84. The average Bonchev–Trinajstić information content (AvgIpc) is 2.83. The van der Waals surface area contributed by atoms with Crippen LogP contribution >= 0.6 is 39.1 Å². The predicted molar refractivity (Wildman–Crippen MR) is 142 cm³/mol. The molecule has 3 aromatic rings. The van der Waals surface area contributed by atoms with E-state index in [1.807, 2.05) is 0 Å². The van der Waals surface area contributed by atoms with Gasteiger partial charge in [0.2, 0.25) is 0 Å². The highest BCUT2D eigenvalue weighted by molar-refractivity contribution is 9.10. The molecule has 0 aliphatic heterocycles. The molecule has 192 valence electrons. The summed E-state index contributed by atoms with van der Waals surface area (Å²) in [5, 5.41) is 9.44. The van der Waals surface area contributed by atoms with Crippen molar-refractivity contribution >= 4 is 74.4 Å². The number of amides is 3. The van der Waals surface area contributed by atoms with E-state index < -0.39 is 23.5 Å². The first-order valence-electron chi connectivity index (χ1n) is 10.3. The smallest absolute Gasteiger partial charge is 0.329 e. The number of benzene rings is 3. The maximum atomic E-state index is 12.9. The van der Waals surface area contributed by atoms with Crippen LogP contribution in [0.4, 0.5) is 15.8 Å². The van der Waals surface area contributed by atoms with Crippen molar-refractivity contribution in [3.63, 3.8) is 0 Å². The van der Waals surface area contributed by atoms with E-state index in [1.54, 1.807) is 24.3 Å². The van der Waals surface area contributed by atoms with E-state index >= 15 is 0 Å². The van der Waals surface area contributed by atoms with Crippen LogP contribution < -0.4 is 25.5 Å². The Hall–Kier alpha value is -3.67. The van der Waals surface area contributed by atoms with Gasteiger partial charge in [0.25, 0.3) is 5.91 Å². The summed E-state index contributed by atoms with van der Waals surface area (Å²) in [6, 6.07) is 12.7. The van der Waals surface area contributed by atoms with Gasteiger partial charge >= 0.3 is 11.8 Å². The highest BCUT2D eigenvalue weighted by Gasteiger charge is 2.15. The van der Waals surface area contributed by atoms with Crippen LogP contribution in [0.15, 0.2) is 64.2 Å². The molecule has 0 atom stereocenters. The van der Waals surface area contributed by atoms with Crippen molar-refractivity contribution in [1.29, 1.82) is 0 Å². The number of halogens is 4. The molecule has 3 rings (SSSR count).